The third-order valence-corrected chi connectivity index (χ3v) is 16.1. The predicted octanol–water partition coefficient (Wildman–Crippen LogP) is 7.67. The molecule has 0 N–H and O–H groups in total. The van der Waals surface area contributed by atoms with E-state index in [1.54, 1.807) is 7.11 Å². The first-order chi connectivity index (χ1) is 20.7. The van der Waals surface area contributed by atoms with E-state index >= 15 is 0 Å². The van der Waals surface area contributed by atoms with E-state index in [1.165, 1.54) is 68.3 Å². The molecule has 1 aromatic carbocycles. The molecule has 5 fully saturated rings. The van der Waals surface area contributed by atoms with Gasteiger partial charge in [-0.2, -0.15) is 0 Å². The van der Waals surface area contributed by atoms with E-state index in [2.05, 4.69) is 83.1 Å². The Morgan fingerprint density at radius 3 is 2.48 bits per heavy atom. The molecule has 44 heavy (non-hydrogen) atoms. The summed E-state index contributed by atoms with van der Waals surface area (Å²) in [4.78, 5) is 0. The summed E-state index contributed by atoms with van der Waals surface area (Å²) in [5.41, 5.74) is 6.05. The summed E-state index contributed by atoms with van der Waals surface area (Å²) in [6, 6.07) is 8.51. The van der Waals surface area contributed by atoms with Gasteiger partial charge in [0, 0.05) is 11.8 Å². The van der Waals surface area contributed by atoms with Gasteiger partial charge in [0.2, 0.25) is 0 Å². The molecular formula is C39H58N3O2+. The number of ether oxygens (including phenoxy) is 2. The van der Waals surface area contributed by atoms with Gasteiger partial charge in [0.1, 0.15) is 19.3 Å². The Bertz CT molecular complexity index is 1490. The van der Waals surface area contributed by atoms with Crippen molar-refractivity contribution in [1.29, 1.82) is 0 Å². The lowest BCUT2D eigenvalue weighted by Gasteiger charge is -2.72. The van der Waals surface area contributed by atoms with Crippen molar-refractivity contribution in [2.24, 2.45) is 57.8 Å². The first-order valence-corrected chi connectivity index (χ1v) is 17.9. The highest BCUT2D eigenvalue weighted by Crippen LogP contribution is 2.77. The molecule has 6 aliphatic rings. The van der Waals surface area contributed by atoms with E-state index in [-0.39, 0.29) is 10.8 Å². The second-order valence-corrected chi connectivity index (χ2v) is 18.5. The van der Waals surface area contributed by atoms with Crippen LogP contribution in [0, 0.1) is 50.7 Å². The van der Waals surface area contributed by atoms with Crippen LogP contribution in [-0.4, -0.2) is 29.7 Å². The van der Waals surface area contributed by atoms with Crippen LogP contribution in [-0.2, 0) is 30.2 Å². The summed E-state index contributed by atoms with van der Waals surface area (Å²) in [6.07, 6.45) is 12.6. The van der Waals surface area contributed by atoms with Gasteiger partial charge in [0.25, 0.3) is 0 Å². The minimum atomic E-state index is 0.0610. The van der Waals surface area contributed by atoms with E-state index in [0.29, 0.717) is 33.7 Å². The maximum Gasteiger partial charge on any atom is 0.177 e. The normalized spacial score (nSPS) is 44.5. The number of hydrogen-bond donors (Lipinski definition) is 0. The molecule has 5 heteroatoms. The molecule has 0 unspecified atom stereocenters. The molecule has 2 heterocycles. The molecule has 2 bridgehead atoms. The molecule has 2 aromatic rings. The molecule has 1 aliphatic heterocycles. The number of hydrogen-bond acceptors (Lipinski definition) is 3. The molecule has 9 atom stereocenters. The SMILES string of the molecule is COc1cccc(C[n+]2nn(C)c3c2C(C)(C)[C@@H]2CC[C@]4(C)[C@H](CC[C@@H]5[C@H]6[C@H]7OC[C@@]6(CCC7(C)C)CC[C@]54C)[C@@]2(C)C3)c1. The number of methoxy groups -OCH3 is 1. The van der Waals surface area contributed by atoms with Gasteiger partial charge in [-0.15, -0.1) is 9.36 Å². The molecular weight excluding hydrogens is 542 g/mol. The standard InChI is InChI=1S/C39H58N3O2/c1-34(2)17-19-39-20-18-37(6)27(31(39)33(34)44-24-39)13-14-30-36(5)22-28-32(35(3,4)29(36)15-16-38(30,37)7)42(40-41(28)8)23-25-11-10-12-26(21-25)43-9/h10-12,21,27,29-31,33H,13-20,22-24H2,1-9H3/q+1/t27-,29+,30-,31+,33-,36+,37-,38-,39-/m1/s1. The topological polar surface area (TPSA) is 40.2 Å². The van der Waals surface area contributed by atoms with Crippen molar-refractivity contribution in [1.82, 2.24) is 9.90 Å². The third-order valence-electron chi connectivity index (χ3n) is 16.1. The minimum absolute atomic E-state index is 0.0610. The molecule has 4 saturated carbocycles. The highest BCUT2D eigenvalue weighted by molar-refractivity contribution is 5.31. The van der Waals surface area contributed by atoms with Gasteiger partial charge in [0.15, 0.2) is 11.4 Å². The number of nitrogens with zero attached hydrogens (tertiary/aromatic N) is 3. The smallest absolute Gasteiger partial charge is 0.177 e. The third kappa shape index (κ3) is 3.57. The first kappa shape index (κ1) is 29.5. The van der Waals surface area contributed by atoms with E-state index < -0.39 is 0 Å². The van der Waals surface area contributed by atoms with Crippen LogP contribution in [0.15, 0.2) is 24.3 Å². The minimum Gasteiger partial charge on any atom is -0.497 e. The molecule has 5 nitrogen and oxygen atoms in total. The number of rotatable bonds is 3. The van der Waals surface area contributed by atoms with Crippen LogP contribution in [0.25, 0.3) is 0 Å². The number of aryl methyl sites for hydroxylation is 1. The van der Waals surface area contributed by atoms with Gasteiger partial charge < -0.3 is 9.47 Å². The van der Waals surface area contributed by atoms with Crippen LogP contribution in [0.5, 0.6) is 5.75 Å². The lowest BCUT2D eigenvalue weighted by atomic mass is 9.31. The van der Waals surface area contributed by atoms with Crippen LogP contribution < -0.4 is 9.42 Å². The Hall–Kier alpha value is -1.88. The van der Waals surface area contributed by atoms with Gasteiger partial charge in [-0.3, -0.25) is 0 Å². The molecule has 1 aromatic heterocycles. The summed E-state index contributed by atoms with van der Waals surface area (Å²) in [5, 5.41) is 5.19. The van der Waals surface area contributed by atoms with Crippen molar-refractivity contribution >= 4 is 0 Å². The molecule has 240 valence electrons. The van der Waals surface area contributed by atoms with Crippen molar-refractivity contribution in [2.45, 2.75) is 124 Å². The van der Waals surface area contributed by atoms with Crippen molar-refractivity contribution in [2.75, 3.05) is 13.7 Å². The highest BCUT2D eigenvalue weighted by atomic mass is 16.5. The highest BCUT2D eigenvalue weighted by Gasteiger charge is 2.73. The first-order valence-electron chi connectivity index (χ1n) is 17.9. The summed E-state index contributed by atoms with van der Waals surface area (Å²) in [6.45, 7) is 20.2. The number of benzene rings is 1. The second-order valence-electron chi connectivity index (χ2n) is 18.5. The average Bonchev–Trinajstić information content (AvgIpc) is 3.46. The van der Waals surface area contributed by atoms with Gasteiger partial charge in [-0.1, -0.05) is 60.6 Å². The number of fused-ring (bicyclic) bond motifs is 6. The summed E-state index contributed by atoms with van der Waals surface area (Å²) < 4.78 is 16.9. The van der Waals surface area contributed by atoms with Crippen LogP contribution in [0.2, 0.25) is 0 Å². The fraction of sp³-hybridized carbons (Fsp3) is 0.795. The fourth-order valence-corrected chi connectivity index (χ4v) is 13.8. The lowest BCUT2D eigenvalue weighted by molar-refractivity contribution is -0.757. The Morgan fingerprint density at radius 1 is 0.932 bits per heavy atom. The van der Waals surface area contributed by atoms with Crippen molar-refractivity contribution in [3.63, 3.8) is 0 Å². The van der Waals surface area contributed by atoms with Crippen LogP contribution in [0.1, 0.15) is 117 Å². The maximum atomic E-state index is 6.82. The average molecular weight is 601 g/mol. The largest absolute Gasteiger partial charge is 0.497 e. The van der Waals surface area contributed by atoms with Crippen LogP contribution in [0.4, 0.5) is 0 Å². The van der Waals surface area contributed by atoms with Gasteiger partial charge in [-0.25, -0.2) is 0 Å². The molecule has 0 spiro atoms. The number of aromatic nitrogens is 3. The summed E-state index contributed by atoms with van der Waals surface area (Å²) in [5.74, 6) is 3.88. The van der Waals surface area contributed by atoms with Crippen molar-refractivity contribution in [3.8, 4) is 5.75 Å². The summed E-state index contributed by atoms with van der Waals surface area (Å²) >= 11 is 0. The zero-order chi connectivity index (χ0) is 31.1. The van der Waals surface area contributed by atoms with Gasteiger partial charge in [-0.05, 0) is 120 Å². The molecule has 0 amide bonds. The van der Waals surface area contributed by atoms with Crippen molar-refractivity contribution < 1.29 is 14.2 Å². The van der Waals surface area contributed by atoms with Crippen LogP contribution >= 0.6 is 0 Å². The zero-order valence-electron chi connectivity index (χ0n) is 29.1. The summed E-state index contributed by atoms with van der Waals surface area (Å²) in [7, 11) is 3.95. The van der Waals surface area contributed by atoms with Crippen LogP contribution in [0.3, 0.4) is 0 Å². The quantitative estimate of drug-likeness (QED) is 0.340. The zero-order valence-corrected chi connectivity index (χ0v) is 29.1. The van der Waals surface area contributed by atoms with Crippen molar-refractivity contribution in [3.05, 3.63) is 41.2 Å². The fourth-order valence-electron chi connectivity index (χ4n) is 13.8. The van der Waals surface area contributed by atoms with E-state index in [0.717, 1.165) is 43.1 Å². The lowest BCUT2D eigenvalue weighted by Crippen LogP contribution is -2.68. The molecule has 1 saturated heterocycles. The molecule has 0 radical (unpaired) electrons. The Labute approximate surface area is 266 Å². The molecule has 5 aliphatic carbocycles. The van der Waals surface area contributed by atoms with Gasteiger partial charge in [0.05, 0.1) is 25.0 Å². The van der Waals surface area contributed by atoms with Gasteiger partial charge >= 0.3 is 0 Å². The monoisotopic (exact) mass is 600 g/mol. The Balaban J connectivity index is 1.16. The maximum absolute atomic E-state index is 6.82. The Morgan fingerprint density at radius 2 is 1.70 bits per heavy atom. The molecule has 8 rings (SSSR count). The van der Waals surface area contributed by atoms with E-state index in [1.807, 2.05) is 6.07 Å². The van der Waals surface area contributed by atoms with E-state index in [9.17, 15) is 0 Å². The Kier molecular flexibility index (Phi) is 6.13. The second kappa shape index (κ2) is 9.14. The predicted molar refractivity (Wildman–Crippen MR) is 173 cm³/mol. The van der Waals surface area contributed by atoms with E-state index in [4.69, 9.17) is 14.7 Å².